The second kappa shape index (κ2) is 4.50. The summed E-state index contributed by atoms with van der Waals surface area (Å²) in [6.45, 7) is 1.55. The lowest BCUT2D eigenvalue weighted by atomic mass is 10.1. The molecular weight excluding hydrogens is 182 g/mol. The highest BCUT2D eigenvalue weighted by Crippen LogP contribution is 2.08. The van der Waals surface area contributed by atoms with Crippen LogP contribution in [0.25, 0.3) is 0 Å². The summed E-state index contributed by atoms with van der Waals surface area (Å²) in [5.41, 5.74) is 0.829. The maximum Gasteiger partial charge on any atom is 0.343 e. The van der Waals surface area contributed by atoms with E-state index < -0.39 is 6.04 Å². The third kappa shape index (κ3) is 2.65. The summed E-state index contributed by atoms with van der Waals surface area (Å²) in [7, 11) is 1.58. The molecule has 0 amide bonds. The molecule has 0 aromatic rings. The molecule has 74 valence electrons. The summed E-state index contributed by atoms with van der Waals surface area (Å²) in [4.78, 5) is 10.0. The van der Waals surface area contributed by atoms with Crippen molar-refractivity contribution in [3.63, 3.8) is 0 Å². The first-order valence-electron chi connectivity index (χ1n) is 4.26. The van der Waals surface area contributed by atoms with Gasteiger partial charge in [-0.15, -0.1) is 0 Å². The Morgan fingerprint density at radius 1 is 1.43 bits per heavy atom. The van der Waals surface area contributed by atoms with Gasteiger partial charge in [-0.2, -0.15) is 0 Å². The van der Waals surface area contributed by atoms with Gasteiger partial charge in [0.1, 0.15) is 0 Å². The smallest absolute Gasteiger partial charge is 0.264 e. The number of carbonyl (C=O) groups excluding carboxylic acids is 1. The standard InChI is InChI=1S/C10H12NO3/c1-8(11(12)13)7-9-3-5-10(14-2)6-4-9/h3-8H,1-2H3/q+1/t8-/m1/s1. The van der Waals surface area contributed by atoms with Gasteiger partial charge >= 0.3 is 5.78 Å². The van der Waals surface area contributed by atoms with Crippen LogP contribution >= 0.6 is 0 Å². The fraction of sp³-hybridized carbons (Fsp3) is 0.300. The normalized spacial score (nSPS) is 16.7. The van der Waals surface area contributed by atoms with Crippen LogP contribution in [0.1, 0.15) is 6.92 Å². The Morgan fingerprint density at radius 2 is 2.00 bits per heavy atom. The van der Waals surface area contributed by atoms with Crippen LogP contribution in [0.2, 0.25) is 0 Å². The molecule has 0 aromatic carbocycles. The van der Waals surface area contributed by atoms with Crippen LogP contribution in [0.15, 0.2) is 36.0 Å². The van der Waals surface area contributed by atoms with Crippen LogP contribution in [-0.4, -0.2) is 23.9 Å². The van der Waals surface area contributed by atoms with E-state index >= 15 is 0 Å². The number of hydrogen-bond acceptors (Lipinski definition) is 2. The van der Waals surface area contributed by atoms with Crippen LogP contribution in [-0.2, 0) is 4.42 Å². The zero-order chi connectivity index (χ0) is 10.6. The molecule has 1 aliphatic rings. The van der Waals surface area contributed by atoms with Gasteiger partial charge in [-0.25, -0.2) is 0 Å². The summed E-state index contributed by atoms with van der Waals surface area (Å²) in [6, 6.07) is -0.664. The fourth-order valence-electron chi connectivity index (χ4n) is 1.05. The Morgan fingerprint density at radius 3 is 2.43 bits per heavy atom. The van der Waals surface area contributed by atoms with Gasteiger partial charge < -0.3 is 0 Å². The van der Waals surface area contributed by atoms with E-state index in [1.54, 1.807) is 44.4 Å². The molecule has 0 radical (unpaired) electrons. The largest absolute Gasteiger partial charge is 0.343 e. The van der Waals surface area contributed by atoms with E-state index in [0.29, 0.717) is 0 Å². The Labute approximate surface area is 82.1 Å². The predicted octanol–water partition coefficient (Wildman–Crippen LogP) is 1.44. The van der Waals surface area contributed by atoms with Crippen molar-refractivity contribution >= 4 is 5.78 Å². The van der Waals surface area contributed by atoms with E-state index in [4.69, 9.17) is 4.42 Å². The van der Waals surface area contributed by atoms with Crippen LogP contribution < -0.4 is 0 Å². The molecule has 4 heteroatoms. The Balaban J connectivity index is 2.75. The molecule has 4 nitrogen and oxygen atoms in total. The Bertz CT molecular complexity index is 332. The number of nitrogens with zero attached hydrogens (tertiary/aromatic N) is 1. The van der Waals surface area contributed by atoms with Gasteiger partial charge in [-0.05, 0) is 23.8 Å². The molecule has 1 rings (SSSR count). The van der Waals surface area contributed by atoms with Gasteiger partial charge in [0.15, 0.2) is 0 Å². The SMILES string of the molecule is C[O+]=C1C=CC(=C[C@@H](C)[N+](=O)[O-])C=C1. The Kier molecular flexibility index (Phi) is 3.34. The van der Waals surface area contributed by atoms with E-state index in [9.17, 15) is 10.1 Å². The number of hydrogen-bond donors (Lipinski definition) is 0. The van der Waals surface area contributed by atoms with Crippen molar-refractivity contribution in [2.75, 3.05) is 7.11 Å². The van der Waals surface area contributed by atoms with Crippen molar-refractivity contribution < 1.29 is 9.35 Å². The Hall–Kier alpha value is -1.71. The first-order chi connectivity index (χ1) is 6.63. The molecule has 0 spiro atoms. The van der Waals surface area contributed by atoms with Crippen molar-refractivity contribution in [3.05, 3.63) is 46.1 Å². The average Bonchev–Trinajstić information content (AvgIpc) is 2.19. The summed E-state index contributed by atoms with van der Waals surface area (Å²) in [5.74, 6) is 0.746. The monoisotopic (exact) mass is 194 g/mol. The van der Waals surface area contributed by atoms with E-state index in [1.165, 1.54) is 0 Å². The molecule has 0 fully saturated rings. The molecule has 14 heavy (non-hydrogen) atoms. The molecule has 0 unspecified atom stereocenters. The molecule has 1 atom stereocenters. The molecular formula is C10H12NO3+. The maximum atomic E-state index is 10.4. The van der Waals surface area contributed by atoms with Gasteiger partial charge in [0, 0.05) is 24.0 Å². The van der Waals surface area contributed by atoms with Crippen LogP contribution in [0.3, 0.4) is 0 Å². The molecule has 1 aliphatic carbocycles. The van der Waals surface area contributed by atoms with Crippen molar-refractivity contribution in [1.29, 1.82) is 0 Å². The lowest BCUT2D eigenvalue weighted by Gasteiger charge is -1.99. The first-order valence-corrected chi connectivity index (χ1v) is 4.26. The minimum absolute atomic E-state index is 0.329. The molecule has 0 N–H and O–H groups in total. The third-order valence-electron chi connectivity index (χ3n) is 1.88. The molecule has 0 bridgehead atoms. The molecule has 0 saturated carbocycles. The summed E-state index contributed by atoms with van der Waals surface area (Å²) >= 11 is 0. The van der Waals surface area contributed by atoms with Gasteiger partial charge in [0.2, 0.25) is 6.04 Å². The predicted molar refractivity (Wildman–Crippen MR) is 53.8 cm³/mol. The minimum atomic E-state index is -0.664. The van der Waals surface area contributed by atoms with Gasteiger partial charge in [0.25, 0.3) is 7.11 Å². The number of allylic oxidation sites excluding steroid dienone is 5. The maximum absolute atomic E-state index is 10.4. The molecule has 0 aromatic heterocycles. The zero-order valence-electron chi connectivity index (χ0n) is 8.14. The highest BCUT2D eigenvalue weighted by Gasteiger charge is 2.11. The summed E-state index contributed by atoms with van der Waals surface area (Å²) in [5, 5.41) is 10.4. The second-order valence-electron chi connectivity index (χ2n) is 2.97. The quantitative estimate of drug-likeness (QED) is 0.379. The van der Waals surface area contributed by atoms with Crippen molar-refractivity contribution in [1.82, 2.24) is 0 Å². The second-order valence-corrected chi connectivity index (χ2v) is 2.97. The minimum Gasteiger partial charge on any atom is -0.264 e. The summed E-state index contributed by atoms with van der Waals surface area (Å²) < 4.78 is 4.97. The van der Waals surface area contributed by atoms with Crippen LogP contribution in [0.4, 0.5) is 0 Å². The van der Waals surface area contributed by atoms with Gasteiger partial charge in [0.05, 0.1) is 0 Å². The van der Waals surface area contributed by atoms with E-state index in [1.807, 2.05) is 0 Å². The van der Waals surface area contributed by atoms with E-state index in [2.05, 4.69) is 0 Å². The van der Waals surface area contributed by atoms with Crippen molar-refractivity contribution in [2.24, 2.45) is 0 Å². The molecule has 0 heterocycles. The lowest BCUT2D eigenvalue weighted by molar-refractivity contribution is -0.504. The highest BCUT2D eigenvalue weighted by atomic mass is 16.6. The number of nitro groups is 1. The topological polar surface area (TPSA) is 54.4 Å². The average molecular weight is 194 g/mol. The van der Waals surface area contributed by atoms with Crippen LogP contribution in [0, 0.1) is 10.1 Å². The third-order valence-corrected chi connectivity index (χ3v) is 1.88. The van der Waals surface area contributed by atoms with Gasteiger partial charge in [-0.1, -0.05) is 0 Å². The lowest BCUT2D eigenvalue weighted by Crippen LogP contribution is -2.12. The van der Waals surface area contributed by atoms with E-state index in [0.717, 1.165) is 11.4 Å². The molecule has 0 saturated heterocycles. The number of ketones is 1. The van der Waals surface area contributed by atoms with Crippen molar-refractivity contribution in [3.8, 4) is 0 Å². The van der Waals surface area contributed by atoms with Crippen LogP contribution in [0.5, 0.6) is 0 Å². The van der Waals surface area contributed by atoms with E-state index in [-0.39, 0.29) is 4.92 Å². The van der Waals surface area contributed by atoms with Gasteiger partial charge in [-0.3, -0.25) is 14.5 Å². The van der Waals surface area contributed by atoms with Crippen molar-refractivity contribution in [2.45, 2.75) is 13.0 Å². The highest BCUT2D eigenvalue weighted by molar-refractivity contribution is 6.01. The number of rotatable bonds is 2. The zero-order valence-corrected chi connectivity index (χ0v) is 8.14. The fourth-order valence-corrected chi connectivity index (χ4v) is 1.05. The first kappa shape index (κ1) is 10.4. The summed E-state index contributed by atoms with van der Waals surface area (Å²) in [6.07, 6.45) is 8.73. The molecule has 0 aliphatic heterocycles.